The molecule has 1 fully saturated rings. The molecule has 5 nitrogen and oxygen atoms in total. The molecule has 0 saturated carbocycles. The third kappa shape index (κ3) is 5.02. The van der Waals surface area contributed by atoms with Crippen LogP contribution in [-0.4, -0.2) is 60.9 Å². The molecule has 2 unspecified atom stereocenters. The van der Waals surface area contributed by atoms with E-state index in [-0.39, 0.29) is 11.3 Å². The van der Waals surface area contributed by atoms with Crippen LogP contribution in [0.25, 0.3) is 0 Å². The Morgan fingerprint density at radius 3 is 2.38 bits per heavy atom. The van der Waals surface area contributed by atoms with Gasteiger partial charge in [0.1, 0.15) is 5.22 Å². The largest absolute Gasteiger partial charge is 0.396 e. The fourth-order valence-electron chi connectivity index (χ4n) is 4.15. The third-order valence-electron chi connectivity index (χ3n) is 5.38. The van der Waals surface area contributed by atoms with Gasteiger partial charge in [0, 0.05) is 40.5 Å². The van der Waals surface area contributed by atoms with Crippen LogP contribution in [0.2, 0.25) is 6.04 Å². The third-order valence-corrected chi connectivity index (χ3v) is 9.80. The molecule has 1 aliphatic rings. The molecule has 0 aromatic heterocycles. The maximum absolute atomic E-state index is 6.15. The number of methoxy groups -OCH3 is 1. The average molecular weight is 362 g/mol. The predicted molar refractivity (Wildman–Crippen MR) is 101 cm³/mol. The molecular formula is C18H39NO4Si. The Morgan fingerprint density at radius 2 is 1.79 bits per heavy atom. The second-order valence-corrected chi connectivity index (χ2v) is 10.4. The van der Waals surface area contributed by atoms with Crippen LogP contribution in [0.3, 0.4) is 0 Å². The first kappa shape index (κ1) is 22.1. The summed E-state index contributed by atoms with van der Waals surface area (Å²) in [6.45, 7) is 6.88. The van der Waals surface area contributed by atoms with Gasteiger partial charge in [0.2, 0.25) is 0 Å². The van der Waals surface area contributed by atoms with Gasteiger partial charge < -0.3 is 23.6 Å². The van der Waals surface area contributed by atoms with Crippen LogP contribution in [-0.2, 0) is 18.3 Å². The van der Waals surface area contributed by atoms with E-state index in [0.717, 1.165) is 57.9 Å². The molecule has 1 heterocycles. The Kier molecular flexibility index (Phi) is 10.7. The van der Waals surface area contributed by atoms with E-state index in [4.69, 9.17) is 18.3 Å². The summed E-state index contributed by atoms with van der Waals surface area (Å²) in [5, 5.41) is 3.36. The van der Waals surface area contributed by atoms with E-state index in [1.807, 2.05) is 7.11 Å². The number of unbranched alkanes of at least 4 members (excludes halogenated alkanes) is 2. The van der Waals surface area contributed by atoms with Gasteiger partial charge in [-0.1, -0.05) is 33.1 Å². The van der Waals surface area contributed by atoms with Crippen molar-refractivity contribution >= 4 is 8.56 Å². The van der Waals surface area contributed by atoms with Gasteiger partial charge >= 0.3 is 8.56 Å². The highest BCUT2D eigenvalue weighted by molar-refractivity contribution is 6.71. The molecule has 0 aromatic carbocycles. The molecule has 144 valence electrons. The van der Waals surface area contributed by atoms with Crippen molar-refractivity contribution < 1.29 is 18.3 Å². The molecule has 0 amide bonds. The topological polar surface area (TPSA) is 49.0 Å². The van der Waals surface area contributed by atoms with Crippen LogP contribution in [0.15, 0.2) is 0 Å². The zero-order valence-electron chi connectivity index (χ0n) is 16.5. The Hall–Kier alpha value is 0.0169. The zero-order chi connectivity index (χ0) is 17.9. The molecule has 2 atom stereocenters. The van der Waals surface area contributed by atoms with Crippen molar-refractivity contribution in [2.24, 2.45) is 0 Å². The number of nitrogens with one attached hydrogen (secondary N) is 1. The van der Waals surface area contributed by atoms with Crippen LogP contribution >= 0.6 is 0 Å². The monoisotopic (exact) mass is 361 g/mol. The van der Waals surface area contributed by atoms with E-state index in [1.54, 1.807) is 14.2 Å². The molecule has 1 aliphatic heterocycles. The summed E-state index contributed by atoms with van der Waals surface area (Å²) < 4.78 is 23.9. The molecule has 0 aromatic rings. The minimum atomic E-state index is -2.41. The fourth-order valence-corrected chi connectivity index (χ4v) is 8.22. The Morgan fingerprint density at radius 1 is 1.04 bits per heavy atom. The predicted octanol–water partition coefficient (Wildman–Crippen LogP) is 3.40. The zero-order valence-corrected chi connectivity index (χ0v) is 17.5. The average Bonchev–Trinajstić information content (AvgIpc) is 2.62. The van der Waals surface area contributed by atoms with Gasteiger partial charge in [0.05, 0.1) is 6.61 Å². The second kappa shape index (κ2) is 11.6. The van der Waals surface area contributed by atoms with E-state index in [1.165, 1.54) is 12.8 Å². The van der Waals surface area contributed by atoms with Gasteiger partial charge in [-0.15, -0.1) is 0 Å². The summed E-state index contributed by atoms with van der Waals surface area (Å²) in [5.74, 6) is 0. The van der Waals surface area contributed by atoms with Gasteiger partial charge in [-0.25, -0.2) is 0 Å². The maximum Gasteiger partial charge on any atom is 0.372 e. The van der Waals surface area contributed by atoms with E-state index < -0.39 is 8.56 Å². The second-order valence-electron chi connectivity index (χ2n) is 6.72. The normalized spacial score (nSPS) is 26.6. The molecule has 0 radical (unpaired) electrons. The van der Waals surface area contributed by atoms with Crippen molar-refractivity contribution in [2.45, 2.75) is 76.1 Å². The van der Waals surface area contributed by atoms with Crippen LogP contribution in [0.1, 0.15) is 58.8 Å². The van der Waals surface area contributed by atoms with Crippen molar-refractivity contribution in [1.29, 1.82) is 0 Å². The van der Waals surface area contributed by atoms with Crippen LogP contribution in [0.5, 0.6) is 0 Å². The van der Waals surface area contributed by atoms with Crippen molar-refractivity contribution in [2.75, 3.05) is 41.1 Å². The molecule has 24 heavy (non-hydrogen) atoms. The number of hydrogen-bond acceptors (Lipinski definition) is 5. The van der Waals surface area contributed by atoms with Crippen LogP contribution in [0.4, 0.5) is 0 Å². The summed E-state index contributed by atoms with van der Waals surface area (Å²) in [7, 11) is 2.99. The van der Waals surface area contributed by atoms with Crippen LogP contribution in [0, 0.1) is 0 Å². The molecule has 1 N–H and O–H groups in total. The summed E-state index contributed by atoms with van der Waals surface area (Å²) in [6.07, 6.45) is 7.88. The summed E-state index contributed by atoms with van der Waals surface area (Å²) in [5.41, 5.74) is 0. The van der Waals surface area contributed by atoms with Gasteiger partial charge in [-0.2, -0.15) is 0 Å². The Bertz CT molecular complexity index is 328. The van der Waals surface area contributed by atoms with E-state index in [2.05, 4.69) is 19.2 Å². The van der Waals surface area contributed by atoms with Gasteiger partial charge in [0.15, 0.2) is 0 Å². The Balaban J connectivity index is 2.65. The Labute approximate surface area is 150 Å². The first-order valence-corrected chi connectivity index (χ1v) is 11.6. The van der Waals surface area contributed by atoms with Crippen molar-refractivity contribution in [3.05, 3.63) is 0 Å². The summed E-state index contributed by atoms with van der Waals surface area (Å²) >= 11 is 0. The lowest BCUT2D eigenvalue weighted by Gasteiger charge is -2.52. The van der Waals surface area contributed by atoms with Gasteiger partial charge in [-0.3, -0.25) is 0 Å². The van der Waals surface area contributed by atoms with E-state index >= 15 is 0 Å². The first-order chi connectivity index (χ1) is 11.7. The maximum atomic E-state index is 6.15. The number of hydrogen-bond donors (Lipinski definition) is 1. The standard InChI is InChI=1S/C18H39NO4Si/c1-6-8-9-14-23-15-13-19-17-11-10-16-24(21-4,22-5)18(17,20-3)12-7-2/h17,19H,6-16H2,1-5H3. The molecule has 0 spiro atoms. The summed E-state index contributed by atoms with van der Waals surface area (Å²) in [4.78, 5) is 0. The van der Waals surface area contributed by atoms with Crippen molar-refractivity contribution in [1.82, 2.24) is 5.32 Å². The molecular weight excluding hydrogens is 322 g/mol. The van der Waals surface area contributed by atoms with E-state index in [9.17, 15) is 0 Å². The highest BCUT2D eigenvalue weighted by Crippen LogP contribution is 2.43. The lowest BCUT2D eigenvalue weighted by atomic mass is 9.99. The molecule has 1 saturated heterocycles. The first-order valence-electron chi connectivity index (χ1n) is 9.62. The lowest BCUT2D eigenvalue weighted by Crippen LogP contribution is -2.73. The molecule has 1 rings (SSSR count). The van der Waals surface area contributed by atoms with Crippen molar-refractivity contribution in [3.8, 4) is 0 Å². The molecule has 0 bridgehead atoms. The van der Waals surface area contributed by atoms with Crippen molar-refractivity contribution in [3.63, 3.8) is 0 Å². The smallest absolute Gasteiger partial charge is 0.372 e. The lowest BCUT2D eigenvalue weighted by molar-refractivity contribution is -0.0386. The minimum absolute atomic E-state index is 0.266. The van der Waals surface area contributed by atoms with Gasteiger partial charge in [0.25, 0.3) is 0 Å². The highest BCUT2D eigenvalue weighted by Gasteiger charge is 2.62. The quantitative estimate of drug-likeness (QED) is 0.402. The SMILES string of the molecule is CCCCCOCCNC1CCC[Si](OC)(OC)C1(CCC)OC. The minimum Gasteiger partial charge on any atom is -0.396 e. The summed E-state index contributed by atoms with van der Waals surface area (Å²) in [6, 6.07) is 1.27. The van der Waals surface area contributed by atoms with E-state index in [0.29, 0.717) is 0 Å². The number of rotatable bonds is 13. The fraction of sp³-hybridized carbons (Fsp3) is 1.00. The van der Waals surface area contributed by atoms with Gasteiger partial charge in [-0.05, 0) is 31.7 Å². The molecule has 6 heteroatoms. The van der Waals surface area contributed by atoms with Crippen LogP contribution < -0.4 is 5.32 Å². The highest BCUT2D eigenvalue weighted by atomic mass is 28.4. The number of ether oxygens (including phenoxy) is 2. The molecule has 0 aliphatic carbocycles.